The van der Waals surface area contributed by atoms with Gasteiger partial charge in [0, 0.05) is 41.6 Å². The number of pyridine rings is 3. The van der Waals surface area contributed by atoms with Gasteiger partial charge in [-0.1, -0.05) is 0 Å². The SMILES string of the molecule is COc1ccc2nc(-c3ccc(-c4cnc(O[C@H]5CC[C@H](CC(=O)O)CC5)c(C)c4)nc3)[nH]c2n1. The number of fused-ring (bicyclic) bond motifs is 1. The number of ether oxygens (including phenoxy) is 2. The number of H-pyrrole nitrogens is 1. The number of rotatable bonds is 7. The van der Waals surface area contributed by atoms with Crippen LogP contribution in [0.3, 0.4) is 0 Å². The zero-order valence-corrected chi connectivity index (χ0v) is 19.7. The third-order valence-corrected chi connectivity index (χ3v) is 6.42. The number of imidazole rings is 1. The van der Waals surface area contributed by atoms with E-state index in [1.807, 2.05) is 31.2 Å². The molecule has 4 aromatic rings. The van der Waals surface area contributed by atoms with Gasteiger partial charge in [0.1, 0.15) is 17.4 Å². The van der Waals surface area contributed by atoms with E-state index in [9.17, 15) is 4.79 Å². The lowest BCUT2D eigenvalue weighted by Gasteiger charge is -2.28. The van der Waals surface area contributed by atoms with Gasteiger partial charge < -0.3 is 19.6 Å². The monoisotopic (exact) mass is 473 g/mol. The largest absolute Gasteiger partial charge is 0.481 e. The number of hydrogen-bond donors (Lipinski definition) is 2. The molecule has 0 bridgehead atoms. The number of aromatic nitrogens is 5. The lowest BCUT2D eigenvalue weighted by atomic mass is 9.85. The number of carboxylic acid groups (broad SMARTS) is 1. The van der Waals surface area contributed by atoms with Gasteiger partial charge in [-0.15, -0.1) is 0 Å². The molecule has 5 rings (SSSR count). The molecule has 0 saturated heterocycles. The van der Waals surface area contributed by atoms with E-state index in [1.54, 1.807) is 25.6 Å². The number of carboxylic acids is 1. The van der Waals surface area contributed by atoms with Gasteiger partial charge in [-0.3, -0.25) is 9.78 Å². The zero-order chi connectivity index (χ0) is 24.4. The van der Waals surface area contributed by atoms with Crippen LogP contribution in [-0.4, -0.2) is 49.2 Å². The minimum Gasteiger partial charge on any atom is -0.481 e. The Morgan fingerprint density at radius 2 is 1.86 bits per heavy atom. The molecule has 0 unspecified atom stereocenters. The maximum atomic E-state index is 10.9. The summed E-state index contributed by atoms with van der Waals surface area (Å²) in [6.07, 6.45) is 7.33. The molecular weight excluding hydrogens is 446 g/mol. The van der Waals surface area contributed by atoms with E-state index in [2.05, 4.69) is 24.9 Å². The molecule has 0 spiro atoms. The summed E-state index contributed by atoms with van der Waals surface area (Å²) in [6.45, 7) is 1.98. The average Bonchev–Trinajstić information content (AvgIpc) is 3.29. The fraction of sp³-hybridized carbons (Fsp3) is 0.346. The first-order valence-corrected chi connectivity index (χ1v) is 11.7. The van der Waals surface area contributed by atoms with E-state index in [0.717, 1.165) is 53.6 Å². The third-order valence-electron chi connectivity index (χ3n) is 6.42. The van der Waals surface area contributed by atoms with Gasteiger partial charge in [0.2, 0.25) is 11.8 Å². The molecule has 1 aliphatic carbocycles. The Balaban J connectivity index is 1.26. The van der Waals surface area contributed by atoms with E-state index in [0.29, 0.717) is 23.2 Å². The molecule has 0 atom stereocenters. The van der Waals surface area contributed by atoms with Crippen LogP contribution >= 0.6 is 0 Å². The van der Waals surface area contributed by atoms with E-state index in [-0.39, 0.29) is 18.4 Å². The molecule has 0 amide bonds. The number of carbonyl (C=O) groups is 1. The minimum atomic E-state index is -0.723. The Labute approximate surface area is 202 Å². The zero-order valence-electron chi connectivity index (χ0n) is 19.7. The van der Waals surface area contributed by atoms with Crippen molar-refractivity contribution in [3.63, 3.8) is 0 Å². The number of aryl methyl sites for hydroxylation is 1. The van der Waals surface area contributed by atoms with Gasteiger partial charge >= 0.3 is 5.97 Å². The summed E-state index contributed by atoms with van der Waals surface area (Å²) in [5, 5.41) is 8.99. The van der Waals surface area contributed by atoms with Crippen LogP contribution < -0.4 is 9.47 Å². The number of methoxy groups -OCH3 is 1. The summed E-state index contributed by atoms with van der Waals surface area (Å²) in [7, 11) is 1.58. The maximum Gasteiger partial charge on any atom is 0.303 e. The van der Waals surface area contributed by atoms with Gasteiger partial charge in [0.05, 0.1) is 12.8 Å². The molecule has 1 aliphatic rings. The summed E-state index contributed by atoms with van der Waals surface area (Å²) in [6, 6.07) is 9.58. The molecule has 35 heavy (non-hydrogen) atoms. The molecule has 0 aliphatic heterocycles. The van der Waals surface area contributed by atoms with E-state index in [1.165, 1.54) is 0 Å². The molecule has 4 aromatic heterocycles. The highest BCUT2D eigenvalue weighted by atomic mass is 16.5. The maximum absolute atomic E-state index is 10.9. The average molecular weight is 474 g/mol. The van der Waals surface area contributed by atoms with Crippen molar-refractivity contribution in [3.05, 3.63) is 48.3 Å². The number of nitrogens with zero attached hydrogens (tertiary/aromatic N) is 4. The molecule has 0 radical (unpaired) electrons. The quantitative estimate of drug-likeness (QED) is 0.392. The second kappa shape index (κ2) is 9.69. The number of aromatic amines is 1. The van der Waals surface area contributed by atoms with Gasteiger partial charge in [0.15, 0.2) is 5.65 Å². The smallest absolute Gasteiger partial charge is 0.303 e. The summed E-state index contributed by atoms with van der Waals surface area (Å²) in [5.41, 5.74) is 4.93. The van der Waals surface area contributed by atoms with Crippen LogP contribution in [0.25, 0.3) is 33.8 Å². The molecule has 9 nitrogen and oxygen atoms in total. The number of nitrogens with one attached hydrogen (secondary N) is 1. The summed E-state index contributed by atoms with van der Waals surface area (Å²) >= 11 is 0. The van der Waals surface area contributed by atoms with Crippen molar-refractivity contribution in [3.8, 4) is 34.4 Å². The van der Waals surface area contributed by atoms with Gasteiger partial charge in [-0.25, -0.2) is 9.97 Å². The Kier molecular flexibility index (Phi) is 6.31. The molecule has 9 heteroatoms. The fourth-order valence-electron chi connectivity index (χ4n) is 4.52. The summed E-state index contributed by atoms with van der Waals surface area (Å²) in [5.74, 6) is 1.37. The highest BCUT2D eigenvalue weighted by Crippen LogP contribution is 2.31. The molecular formula is C26H27N5O4. The van der Waals surface area contributed by atoms with Crippen molar-refractivity contribution < 1.29 is 19.4 Å². The standard InChI is InChI=1S/C26H27N5O4/c1-15-11-18(14-28-26(15)35-19-6-3-16(4-7-19)12-23(32)33)20-8-5-17(13-27-20)24-29-21-9-10-22(34-2)30-25(21)31-24/h5,8-11,13-14,16,19H,3-4,6-7,12H2,1-2H3,(H,32,33)(H,29,30,31)/t16-,19-. The van der Waals surface area contributed by atoms with Crippen LogP contribution in [0.2, 0.25) is 0 Å². The first-order valence-electron chi connectivity index (χ1n) is 11.7. The Morgan fingerprint density at radius 3 is 2.54 bits per heavy atom. The second-order valence-electron chi connectivity index (χ2n) is 8.94. The first-order chi connectivity index (χ1) is 17.0. The second-order valence-corrected chi connectivity index (χ2v) is 8.94. The summed E-state index contributed by atoms with van der Waals surface area (Å²) in [4.78, 5) is 32.3. The van der Waals surface area contributed by atoms with E-state index in [4.69, 9.17) is 14.6 Å². The van der Waals surface area contributed by atoms with Crippen molar-refractivity contribution >= 4 is 17.1 Å². The Hall–Kier alpha value is -4.01. The number of aliphatic carboxylic acids is 1. The molecule has 1 saturated carbocycles. The first kappa shape index (κ1) is 22.8. The molecule has 0 aromatic carbocycles. The van der Waals surface area contributed by atoms with Crippen LogP contribution in [0.1, 0.15) is 37.7 Å². The highest BCUT2D eigenvalue weighted by molar-refractivity contribution is 5.76. The molecule has 4 heterocycles. The van der Waals surface area contributed by atoms with Crippen molar-refractivity contribution in [2.24, 2.45) is 5.92 Å². The highest BCUT2D eigenvalue weighted by Gasteiger charge is 2.24. The lowest BCUT2D eigenvalue weighted by Crippen LogP contribution is -2.25. The lowest BCUT2D eigenvalue weighted by molar-refractivity contribution is -0.138. The van der Waals surface area contributed by atoms with Gasteiger partial charge in [-0.05, 0) is 62.8 Å². The minimum absolute atomic E-state index is 0.0766. The number of hydrogen-bond acceptors (Lipinski definition) is 7. The van der Waals surface area contributed by atoms with Gasteiger partial charge in [0.25, 0.3) is 0 Å². The van der Waals surface area contributed by atoms with Crippen molar-refractivity contribution in [1.29, 1.82) is 0 Å². The topological polar surface area (TPSA) is 123 Å². The Bertz CT molecular complexity index is 1340. The predicted octanol–water partition coefficient (Wildman–Crippen LogP) is 4.81. The van der Waals surface area contributed by atoms with E-state index < -0.39 is 5.97 Å². The molecule has 2 N–H and O–H groups in total. The van der Waals surface area contributed by atoms with Crippen LogP contribution in [0.15, 0.2) is 42.7 Å². The van der Waals surface area contributed by atoms with Crippen molar-refractivity contribution in [2.45, 2.75) is 45.1 Å². The van der Waals surface area contributed by atoms with Gasteiger partial charge in [-0.2, -0.15) is 4.98 Å². The normalized spacial score (nSPS) is 17.9. The predicted molar refractivity (Wildman–Crippen MR) is 130 cm³/mol. The van der Waals surface area contributed by atoms with Crippen molar-refractivity contribution in [1.82, 2.24) is 24.9 Å². The Morgan fingerprint density at radius 1 is 1.06 bits per heavy atom. The molecule has 1 fully saturated rings. The fourth-order valence-corrected chi connectivity index (χ4v) is 4.52. The van der Waals surface area contributed by atoms with Crippen molar-refractivity contribution in [2.75, 3.05) is 7.11 Å². The van der Waals surface area contributed by atoms with E-state index >= 15 is 0 Å². The van der Waals surface area contributed by atoms with Crippen LogP contribution in [-0.2, 0) is 4.79 Å². The van der Waals surface area contributed by atoms with Crippen LogP contribution in [0.5, 0.6) is 11.8 Å². The van der Waals surface area contributed by atoms with Crippen LogP contribution in [0, 0.1) is 12.8 Å². The molecule has 180 valence electrons. The van der Waals surface area contributed by atoms with Crippen LogP contribution in [0.4, 0.5) is 0 Å². The third kappa shape index (κ3) is 5.08. The summed E-state index contributed by atoms with van der Waals surface area (Å²) < 4.78 is 11.3.